The number of ether oxygens (including phenoxy) is 1. The first kappa shape index (κ1) is 28.3. The molecule has 0 aliphatic heterocycles. The maximum Gasteiger partial charge on any atom is 0.418 e. The lowest BCUT2D eigenvalue weighted by atomic mass is 10.0. The van der Waals surface area contributed by atoms with Gasteiger partial charge in [0.1, 0.15) is 23.0 Å². The van der Waals surface area contributed by atoms with Crippen molar-refractivity contribution < 1.29 is 35.9 Å². The van der Waals surface area contributed by atoms with Crippen molar-refractivity contribution >= 4 is 22.7 Å². The van der Waals surface area contributed by atoms with E-state index in [1.165, 1.54) is 19.2 Å². The predicted octanol–water partition coefficient (Wildman–Crippen LogP) is 7.77. The minimum atomic E-state index is -4.74. The molecular weight excluding hydrogens is 560 g/mol. The zero-order valence-corrected chi connectivity index (χ0v) is 21.7. The summed E-state index contributed by atoms with van der Waals surface area (Å²) in [7, 11) is 1.23. The quantitative estimate of drug-likeness (QED) is 0.175. The van der Waals surface area contributed by atoms with Gasteiger partial charge in [0, 0.05) is 45.5 Å². The molecule has 0 bridgehead atoms. The predicted molar refractivity (Wildman–Crippen MR) is 144 cm³/mol. The lowest BCUT2D eigenvalue weighted by Crippen LogP contribution is -2.10. The molecule has 1 aromatic heterocycles. The summed E-state index contributed by atoms with van der Waals surface area (Å²) in [5, 5.41) is 6.74. The molecule has 11 heteroatoms. The molecule has 0 saturated heterocycles. The van der Waals surface area contributed by atoms with Crippen LogP contribution >= 0.6 is 0 Å². The fraction of sp³-hybridized carbons (Fsp3) is 0.0968. The summed E-state index contributed by atoms with van der Waals surface area (Å²) in [5.74, 6) is 2.41. The molecule has 0 radical (unpaired) electrons. The number of amides is 1. The Morgan fingerprint density at radius 1 is 0.905 bits per heavy atom. The highest BCUT2D eigenvalue weighted by Crippen LogP contribution is 2.38. The third-order valence-electron chi connectivity index (χ3n) is 6.27. The van der Waals surface area contributed by atoms with Crippen LogP contribution in [0.2, 0.25) is 0 Å². The van der Waals surface area contributed by atoms with E-state index in [2.05, 4.69) is 27.0 Å². The number of nitrogens with zero attached hydrogens (tertiary/aromatic N) is 2. The summed E-state index contributed by atoms with van der Waals surface area (Å²) in [5.41, 5.74) is 0.0484. The first-order chi connectivity index (χ1) is 20.0. The largest absolute Gasteiger partial charge is 0.453 e. The van der Waals surface area contributed by atoms with Crippen LogP contribution in [0.1, 0.15) is 22.3 Å². The van der Waals surface area contributed by atoms with Gasteiger partial charge in [-0.05, 0) is 36.4 Å². The fourth-order valence-corrected chi connectivity index (χ4v) is 4.40. The smallest absolute Gasteiger partial charge is 0.418 e. The Hall–Kier alpha value is -5.24. The van der Waals surface area contributed by atoms with Crippen LogP contribution < -0.4 is 5.32 Å². The lowest BCUT2D eigenvalue weighted by Gasteiger charge is -2.11. The molecule has 42 heavy (non-hydrogen) atoms. The fourth-order valence-electron chi connectivity index (χ4n) is 4.40. The Kier molecular flexibility index (Phi) is 7.63. The molecular formula is C31H19F6N3O2. The van der Waals surface area contributed by atoms with Gasteiger partial charge in [0.2, 0.25) is 0 Å². The standard InChI is InChI=1S/C31H19F6N3O2/c1-42-30(41)38-22-8-3-6-19(14-22)12-11-18-5-2-7-20(13-18)29-23-9-4-10-25(31(35,36)37)28(23)39-40(29)17-24-26(33)15-21(32)16-27(24)34/h2-10,13-16H,17H2,1H3,(H,38,41). The molecule has 0 aliphatic rings. The van der Waals surface area contributed by atoms with Gasteiger partial charge in [-0.2, -0.15) is 18.3 Å². The number of nitrogens with one attached hydrogen (secondary N) is 1. The number of benzene rings is 4. The Bertz CT molecular complexity index is 1860. The number of hydrogen-bond acceptors (Lipinski definition) is 3. The second kappa shape index (κ2) is 11.3. The molecule has 0 unspecified atom stereocenters. The highest BCUT2D eigenvalue weighted by Gasteiger charge is 2.34. The number of hydrogen-bond donors (Lipinski definition) is 1. The van der Waals surface area contributed by atoms with Crippen molar-refractivity contribution in [1.82, 2.24) is 9.78 Å². The number of methoxy groups -OCH3 is 1. The number of carbonyl (C=O) groups is 1. The van der Waals surface area contributed by atoms with Crippen molar-refractivity contribution in [1.29, 1.82) is 0 Å². The van der Waals surface area contributed by atoms with Crippen LogP contribution in [0, 0.1) is 29.3 Å². The molecule has 1 amide bonds. The van der Waals surface area contributed by atoms with Crippen molar-refractivity contribution in [2.24, 2.45) is 0 Å². The second-order valence-corrected chi connectivity index (χ2v) is 9.08. The van der Waals surface area contributed by atoms with E-state index in [0.29, 0.717) is 34.5 Å². The number of rotatable bonds is 4. The van der Waals surface area contributed by atoms with Crippen LogP contribution in [0.3, 0.4) is 0 Å². The van der Waals surface area contributed by atoms with Gasteiger partial charge < -0.3 is 4.74 Å². The van der Waals surface area contributed by atoms with Crippen LogP contribution in [0.5, 0.6) is 0 Å². The summed E-state index contributed by atoms with van der Waals surface area (Å²) in [6.07, 6.45) is -5.39. The van der Waals surface area contributed by atoms with E-state index in [1.807, 2.05) is 0 Å². The van der Waals surface area contributed by atoms with Crippen molar-refractivity contribution in [3.63, 3.8) is 0 Å². The molecule has 1 N–H and O–H groups in total. The van der Waals surface area contributed by atoms with Gasteiger partial charge in [-0.1, -0.05) is 42.2 Å². The van der Waals surface area contributed by atoms with E-state index in [9.17, 15) is 31.1 Å². The third-order valence-corrected chi connectivity index (χ3v) is 6.27. The second-order valence-electron chi connectivity index (χ2n) is 9.08. The molecule has 212 valence electrons. The van der Waals surface area contributed by atoms with Crippen molar-refractivity contribution in [2.45, 2.75) is 12.7 Å². The SMILES string of the molecule is COC(=O)Nc1cccc(C#Cc2cccc(-c3c4cccc(C(F)(F)F)c4nn3Cc3c(F)cc(F)cc3F)c2)c1. The van der Waals surface area contributed by atoms with E-state index in [1.54, 1.807) is 48.5 Å². The summed E-state index contributed by atoms with van der Waals surface area (Å²) in [6.45, 7) is -0.602. The van der Waals surface area contributed by atoms with Gasteiger partial charge in [-0.25, -0.2) is 18.0 Å². The molecule has 4 aromatic carbocycles. The van der Waals surface area contributed by atoms with Gasteiger partial charge >= 0.3 is 12.3 Å². The average molecular weight is 580 g/mol. The van der Waals surface area contributed by atoms with E-state index in [-0.39, 0.29) is 11.1 Å². The minimum Gasteiger partial charge on any atom is -0.453 e. The maximum absolute atomic E-state index is 14.5. The third kappa shape index (κ3) is 5.93. The van der Waals surface area contributed by atoms with Crippen molar-refractivity contribution in [3.8, 4) is 23.1 Å². The first-order valence-electron chi connectivity index (χ1n) is 12.3. The zero-order chi connectivity index (χ0) is 30.0. The van der Waals surface area contributed by atoms with Gasteiger partial charge in [-0.15, -0.1) is 0 Å². The Labute approximate surface area is 235 Å². The Morgan fingerprint density at radius 2 is 1.55 bits per heavy atom. The van der Waals surface area contributed by atoms with Gasteiger partial charge in [-0.3, -0.25) is 10.00 Å². The van der Waals surface area contributed by atoms with Gasteiger partial charge in [0.05, 0.1) is 24.9 Å². The number of halogens is 6. The highest BCUT2D eigenvalue weighted by atomic mass is 19.4. The topological polar surface area (TPSA) is 56.1 Å². The van der Waals surface area contributed by atoms with Crippen LogP contribution in [0.4, 0.5) is 36.8 Å². The average Bonchev–Trinajstić information content (AvgIpc) is 3.31. The molecule has 0 spiro atoms. The number of anilines is 1. The van der Waals surface area contributed by atoms with Gasteiger partial charge in [0.15, 0.2) is 0 Å². The number of aromatic nitrogens is 2. The van der Waals surface area contributed by atoms with Gasteiger partial charge in [0.25, 0.3) is 0 Å². The van der Waals surface area contributed by atoms with Crippen molar-refractivity contribution in [2.75, 3.05) is 12.4 Å². The van der Waals surface area contributed by atoms with E-state index < -0.39 is 52.9 Å². The highest BCUT2D eigenvalue weighted by molar-refractivity contribution is 5.95. The molecule has 0 fully saturated rings. The molecule has 5 rings (SSSR count). The van der Waals surface area contributed by atoms with Crippen molar-refractivity contribution in [3.05, 3.63) is 119 Å². The molecule has 0 saturated carbocycles. The number of fused-ring (bicyclic) bond motifs is 1. The summed E-state index contributed by atoms with van der Waals surface area (Å²) in [6, 6.07) is 17.7. The molecule has 5 nitrogen and oxygen atoms in total. The van der Waals surface area contributed by atoms with Crippen LogP contribution in [-0.4, -0.2) is 23.0 Å². The Morgan fingerprint density at radius 3 is 2.21 bits per heavy atom. The summed E-state index contributed by atoms with van der Waals surface area (Å²) < 4.78 is 89.8. The number of alkyl halides is 3. The summed E-state index contributed by atoms with van der Waals surface area (Å²) >= 11 is 0. The summed E-state index contributed by atoms with van der Waals surface area (Å²) in [4.78, 5) is 11.5. The van der Waals surface area contributed by atoms with Crippen LogP contribution in [0.15, 0.2) is 78.9 Å². The monoisotopic (exact) mass is 579 g/mol. The van der Waals surface area contributed by atoms with Crippen LogP contribution in [-0.2, 0) is 17.5 Å². The maximum atomic E-state index is 14.5. The van der Waals surface area contributed by atoms with Crippen LogP contribution in [0.25, 0.3) is 22.2 Å². The van der Waals surface area contributed by atoms with E-state index >= 15 is 0 Å². The lowest BCUT2D eigenvalue weighted by molar-refractivity contribution is -0.136. The molecule has 0 aliphatic carbocycles. The zero-order valence-electron chi connectivity index (χ0n) is 21.7. The van der Waals surface area contributed by atoms with E-state index in [0.717, 1.165) is 10.7 Å². The normalized spacial score (nSPS) is 11.2. The molecule has 0 atom stereocenters. The first-order valence-corrected chi connectivity index (χ1v) is 12.3. The minimum absolute atomic E-state index is 0.0967. The molecule has 1 heterocycles. The number of carbonyl (C=O) groups excluding carboxylic acids is 1. The van der Waals surface area contributed by atoms with E-state index in [4.69, 9.17) is 0 Å². The molecule has 5 aromatic rings. The Balaban J connectivity index is 1.61.